The Morgan fingerprint density at radius 3 is 2.16 bits per heavy atom. The van der Waals surface area contributed by atoms with Gasteiger partial charge in [-0.25, -0.2) is 0 Å². The van der Waals surface area contributed by atoms with Gasteiger partial charge in [-0.05, 0) is 30.7 Å². The van der Waals surface area contributed by atoms with Crippen molar-refractivity contribution >= 4 is 29.1 Å². The molecule has 1 aliphatic heterocycles. The van der Waals surface area contributed by atoms with Gasteiger partial charge in [0.05, 0.1) is 16.1 Å². The van der Waals surface area contributed by atoms with Crippen molar-refractivity contribution in [3.63, 3.8) is 0 Å². The third-order valence-electron chi connectivity index (χ3n) is 5.39. The number of amides is 3. The number of carbonyl (C=O) groups excluding carboxylic acids is 3. The Morgan fingerprint density at radius 1 is 0.969 bits per heavy atom. The maximum atomic E-state index is 13.3. The molecule has 8 heteroatoms. The van der Waals surface area contributed by atoms with Crippen LogP contribution in [0.4, 0.5) is 11.4 Å². The zero-order valence-corrected chi connectivity index (χ0v) is 17.1. The molecule has 3 aromatic rings. The predicted octanol–water partition coefficient (Wildman–Crippen LogP) is 3.75. The SMILES string of the molecule is Cc1ccc(NC(=O)C(Cc2ccccc2)N2C(=O)c3ccccc3C2=O)cc1[N+](=O)[O-]. The second kappa shape index (κ2) is 8.43. The third kappa shape index (κ3) is 3.85. The fourth-order valence-corrected chi connectivity index (χ4v) is 3.74. The number of nitrogens with zero attached hydrogens (tertiary/aromatic N) is 2. The highest BCUT2D eigenvalue weighted by Crippen LogP contribution is 2.27. The molecular formula is C24H19N3O5. The van der Waals surface area contributed by atoms with E-state index in [-0.39, 0.29) is 28.9 Å². The quantitative estimate of drug-likeness (QED) is 0.365. The minimum atomic E-state index is -1.13. The number of nitro benzene ring substituents is 1. The highest BCUT2D eigenvalue weighted by atomic mass is 16.6. The van der Waals surface area contributed by atoms with Gasteiger partial charge in [0, 0.05) is 23.7 Å². The van der Waals surface area contributed by atoms with Crippen molar-refractivity contribution in [3.8, 4) is 0 Å². The van der Waals surface area contributed by atoms with E-state index in [9.17, 15) is 24.5 Å². The minimum absolute atomic E-state index is 0.103. The van der Waals surface area contributed by atoms with E-state index in [0.717, 1.165) is 10.5 Å². The molecule has 0 radical (unpaired) electrons. The first-order valence-electron chi connectivity index (χ1n) is 9.93. The number of carbonyl (C=O) groups is 3. The number of nitrogens with one attached hydrogen (secondary N) is 1. The summed E-state index contributed by atoms with van der Waals surface area (Å²) in [7, 11) is 0. The van der Waals surface area contributed by atoms with E-state index < -0.39 is 28.7 Å². The first-order chi connectivity index (χ1) is 15.4. The van der Waals surface area contributed by atoms with Crippen LogP contribution in [0.25, 0.3) is 0 Å². The van der Waals surface area contributed by atoms with Gasteiger partial charge in [-0.1, -0.05) is 48.5 Å². The molecule has 1 unspecified atom stereocenters. The van der Waals surface area contributed by atoms with Gasteiger partial charge in [-0.2, -0.15) is 0 Å². The molecule has 0 saturated carbocycles. The lowest BCUT2D eigenvalue weighted by Gasteiger charge is -2.25. The number of anilines is 1. The lowest BCUT2D eigenvalue weighted by molar-refractivity contribution is -0.385. The number of benzene rings is 3. The molecule has 0 aliphatic carbocycles. The lowest BCUT2D eigenvalue weighted by Crippen LogP contribution is -2.48. The van der Waals surface area contributed by atoms with Crippen LogP contribution in [0.1, 0.15) is 31.8 Å². The number of aryl methyl sites for hydroxylation is 1. The highest BCUT2D eigenvalue weighted by molar-refractivity contribution is 6.23. The third-order valence-corrected chi connectivity index (χ3v) is 5.39. The number of imide groups is 1. The molecule has 1 heterocycles. The van der Waals surface area contributed by atoms with Crippen LogP contribution in [0, 0.1) is 17.0 Å². The van der Waals surface area contributed by atoms with Crippen LogP contribution in [0.15, 0.2) is 72.8 Å². The molecule has 0 fully saturated rings. The first-order valence-corrected chi connectivity index (χ1v) is 9.93. The van der Waals surface area contributed by atoms with Crippen LogP contribution >= 0.6 is 0 Å². The molecule has 1 N–H and O–H groups in total. The maximum absolute atomic E-state index is 13.3. The Bertz CT molecular complexity index is 1200. The highest BCUT2D eigenvalue weighted by Gasteiger charge is 2.42. The van der Waals surface area contributed by atoms with Gasteiger partial charge in [-0.15, -0.1) is 0 Å². The smallest absolute Gasteiger partial charge is 0.274 e. The lowest BCUT2D eigenvalue weighted by atomic mass is 10.0. The predicted molar refractivity (Wildman–Crippen MR) is 117 cm³/mol. The topological polar surface area (TPSA) is 110 Å². The van der Waals surface area contributed by atoms with E-state index in [1.54, 1.807) is 61.5 Å². The summed E-state index contributed by atoms with van der Waals surface area (Å²) in [5, 5.41) is 13.9. The molecule has 32 heavy (non-hydrogen) atoms. The van der Waals surface area contributed by atoms with Crippen molar-refractivity contribution < 1.29 is 19.3 Å². The standard InChI is InChI=1S/C24H19N3O5/c1-15-11-12-17(14-20(15)27(31)32)25-22(28)21(13-16-7-3-2-4-8-16)26-23(29)18-9-5-6-10-19(18)24(26)30/h2-12,14,21H,13H2,1H3,(H,25,28). The molecule has 3 amide bonds. The van der Waals surface area contributed by atoms with Crippen molar-refractivity contribution in [2.45, 2.75) is 19.4 Å². The largest absolute Gasteiger partial charge is 0.324 e. The van der Waals surface area contributed by atoms with Crippen molar-refractivity contribution in [3.05, 3.63) is 105 Å². The summed E-state index contributed by atoms with van der Waals surface area (Å²) in [5.41, 5.74) is 1.78. The van der Waals surface area contributed by atoms with Crippen molar-refractivity contribution in [2.75, 3.05) is 5.32 Å². The average molecular weight is 429 g/mol. The number of nitro groups is 1. The van der Waals surface area contributed by atoms with Crippen LogP contribution in [-0.4, -0.2) is 33.6 Å². The molecule has 0 spiro atoms. The second-order valence-corrected chi connectivity index (χ2v) is 7.48. The Kier molecular flexibility index (Phi) is 5.51. The maximum Gasteiger partial charge on any atom is 0.274 e. The Labute approximate surface area is 183 Å². The van der Waals surface area contributed by atoms with Gasteiger partial charge in [0.2, 0.25) is 5.91 Å². The zero-order chi connectivity index (χ0) is 22.8. The minimum Gasteiger partial charge on any atom is -0.324 e. The molecular weight excluding hydrogens is 410 g/mol. The van der Waals surface area contributed by atoms with Crippen molar-refractivity contribution in [1.82, 2.24) is 4.90 Å². The molecule has 0 saturated heterocycles. The molecule has 1 atom stereocenters. The van der Waals surface area contributed by atoms with E-state index in [2.05, 4.69) is 5.32 Å². The number of rotatable bonds is 6. The zero-order valence-electron chi connectivity index (χ0n) is 17.1. The number of fused-ring (bicyclic) bond motifs is 1. The summed E-state index contributed by atoms with van der Waals surface area (Å²) in [6.07, 6.45) is 0.103. The van der Waals surface area contributed by atoms with Gasteiger partial charge in [0.25, 0.3) is 17.5 Å². The van der Waals surface area contributed by atoms with Crippen molar-refractivity contribution in [1.29, 1.82) is 0 Å². The van der Waals surface area contributed by atoms with E-state index in [0.29, 0.717) is 5.56 Å². The summed E-state index contributed by atoms with van der Waals surface area (Å²) in [5.74, 6) is -1.70. The first kappa shape index (κ1) is 20.9. The van der Waals surface area contributed by atoms with Crippen molar-refractivity contribution in [2.24, 2.45) is 0 Å². The van der Waals surface area contributed by atoms with Crippen LogP contribution in [0.2, 0.25) is 0 Å². The monoisotopic (exact) mass is 429 g/mol. The van der Waals surface area contributed by atoms with Gasteiger partial charge >= 0.3 is 0 Å². The van der Waals surface area contributed by atoms with Crippen LogP contribution < -0.4 is 5.32 Å². The van der Waals surface area contributed by atoms with E-state index in [1.807, 2.05) is 6.07 Å². The van der Waals surface area contributed by atoms with Crippen LogP contribution in [-0.2, 0) is 11.2 Å². The summed E-state index contributed by atoms with van der Waals surface area (Å²) in [4.78, 5) is 51.0. The summed E-state index contributed by atoms with van der Waals surface area (Å²) < 4.78 is 0. The van der Waals surface area contributed by atoms with Gasteiger partial charge in [0.1, 0.15) is 6.04 Å². The Hall–Kier alpha value is -4.33. The van der Waals surface area contributed by atoms with E-state index in [4.69, 9.17) is 0 Å². The molecule has 3 aromatic carbocycles. The Morgan fingerprint density at radius 2 is 1.56 bits per heavy atom. The van der Waals surface area contributed by atoms with Gasteiger partial charge in [0.15, 0.2) is 0 Å². The fraction of sp³-hybridized carbons (Fsp3) is 0.125. The number of hydrogen-bond donors (Lipinski definition) is 1. The average Bonchev–Trinajstić information content (AvgIpc) is 3.04. The van der Waals surface area contributed by atoms with Gasteiger partial charge in [-0.3, -0.25) is 29.4 Å². The van der Waals surface area contributed by atoms with E-state index >= 15 is 0 Å². The van der Waals surface area contributed by atoms with E-state index in [1.165, 1.54) is 12.1 Å². The molecule has 160 valence electrons. The summed E-state index contributed by atoms with van der Waals surface area (Å²) in [6, 6.07) is 18.6. The van der Waals surface area contributed by atoms with Crippen LogP contribution in [0.5, 0.6) is 0 Å². The second-order valence-electron chi connectivity index (χ2n) is 7.48. The number of hydrogen-bond acceptors (Lipinski definition) is 5. The van der Waals surface area contributed by atoms with Crippen LogP contribution in [0.3, 0.4) is 0 Å². The summed E-state index contributed by atoms with van der Waals surface area (Å²) in [6.45, 7) is 1.60. The molecule has 8 nitrogen and oxygen atoms in total. The molecule has 1 aliphatic rings. The summed E-state index contributed by atoms with van der Waals surface area (Å²) >= 11 is 0. The van der Waals surface area contributed by atoms with Gasteiger partial charge < -0.3 is 5.32 Å². The normalized spacial score (nSPS) is 13.6. The fourth-order valence-electron chi connectivity index (χ4n) is 3.74. The molecule has 0 bridgehead atoms. The Balaban J connectivity index is 1.68. The molecule has 0 aromatic heterocycles. The molecule has 4 rings (SSSR count).